The summed E-state index contributed by atoms with van der Waals surface area (Å²) in [6, 6.07) is 4.12. The molecule has 1 rings (SSSR count). The van der Waals surface area contributed by atoms with Gasteiger partial charge < -0.3 is 4.74 Å². The highest BCUT2D eigenvalue weighted by molar-refractivity contribution is 9.09. The van der Waals surface area contributed by atoms with Gasteiger partial charge in [0.2, 0.25) is 0 Å². The molecule has 0 radical (unpaired) electrons. The lowest BCUT2D eigenvalue weighted by molar-refractivity contribution is -0.116. The van der Waals surface area contributed by atoms with E-state index in [4.69, 9.17) is 0 Å². The Morgan fingerprint density at radius 2 is 2.12 bits per heavy atom. The first kappa shape index (κ1) is 13.8. The van der Waals surface area contributed by atoms with Gasteiger partial charge in [-0.3, -0.25) is 9.59 Å². The van der Waals surface area contributed by atoms with Crippen LogP contribution in [0.2, 0.25) is 0 Å². The molecular formula is C11H9BrF2O3. The predicted octanol–water partition coefficient (Wildman–Crippen LogP) is 3.13. The average Bonchev–Trinajstić information content (AvgIpc) is 2.26. The van der Waals surface area contributed by atoms with Gasteiger partial charge in [0.25, 0.3) is 0 Å². The summed E-state index contributed by atoms with van der Waals surface area (Å²) in [4.78, 5) is 21.2. The molecule has 0 aromatic heterocycles. The fourth-order valence-electron chi connectivity index (χ4n) is 1.34. The summed E-state index contributed by atoms with van der Waals surface area (Å²) in [6.45, 7) is -1.73. The lowest BCUT2D eigenvalue weighted by atomic mass is 10.0. The molecule has 0 saturated carbocycles. The van der Waals surface area contributed by atoms with Crippen molar-refractivity contribution in [3.05, 3.63) is 29.3 Å². The van der Waals surface area contributed by atoms with Gasteiger partial charge >= 0.3 is 6.61 Å². The van der Waals surface area contributed by atoms with E-state index in [9.17, 15) is 18.4 Å². The lowest BCUT2D eigenvalue weighted by Crippen LogP contribution is -2.10. The van der Waals surface area contributed by atoms with E-state index >= 15 is 0 Å². The van der Waals surface area contributed by atoms with E-state index < -0.39 is 11.4 Å². The van der Waals surface area contributed by atoms with Crippen LogP contribution in [0.15, 0.2) is 18.2 Å². The van der Waals surface area contributed by atoms with Gasteiger partial charge in [-0.25, -0.2) is 0 Å². The van der Waals surface area contributed by atoms with Crippen LogP contribution in [-0.2, 0) is 4.79 Å². The molecule has 0 aliphatic carbocycles. The number of alkyl halides is 3. The first-order valence-corrected chi connectivity index (χ1v) is 5.56. The summed E-state index contributed by atoms with van der Waals surface area (Å²) in [5, 5.41) is 0. The van der Waals surface area contributed by atoms with Crippen molar-refractivity contribution in [2.45, 2.75) is 18.4 Å². The number of hydrogen-bond acceptors (Lipinski definition) is 3. The third-order valence-electron chi connectivity index (χ3n) is 2.05. The van der Waals surface area contributed by atoms with E-state index in [0.29, 0.717) is 6.29 Å². The molecule has 0 spiro atoms. The van der Waals surface area contributed by atoms with Gasteiger partial charge in [0.05, 0.1) is 0 Å². The zero-order valence-electron chi connectivity index (χ0n) is 8.82. The summed E-state index contributed by atoms with van der Waals surface area (Å²) in [7, 11) is 0. The quantitative estimate of drug-likeness (QED) is 0.620. The number of Topliss-reactive ketones (excluding diaryl/α,β-unsaturated/α-hetero) is 1. The molecule has 17 heavy (non-hydrogen) atoms. The number of ether oxygens (including phenoxy) is 1. The zero-order chi connectivity index (χ0) is 13.0. The van der Waals surface area contributed by atoms with Gasteiger partial charge in [-0.15, -0.1) is 0 Å². The van der Waals surface area contributed by atoms with E-state index in [0.717, 1.165) is 0 Å². The number of rotatable bonds is 5. The van der Waals surface area contributed by atoms with Gasteiger partial charge in [0, 0.05) is 11.1 Å². The second-order valence-electron chi connectivity index (χ2n) is 3.23. The summed E-state index contributed by atoms with van der Waals surface area (Å²) >= 11 is 3.05. The largest absolute Gasteiger partial charge is 0.434 e. The molecule has 0 heterocycles. The summed E-state index contributed by atoms with van der Waals surface area (Å²) in [5.41, 5.74) is 0.260. The molecule has 92 valence electrons. The van der Waals surface area contributed by atoms with Crippen LogP contribution in [0.25, 0.3) is 0 Å². The second kappa shape index (κ2) is 5.86. The topological polar surface area (TPSA) is 43.4 Å². The van der Waals surface area contributed by atoms with Crippen LogP contribution in [0.4, 0.5) is 8.78 Å². The summed E-state index contributed by atoms with van der Waals surface area (Å²) in [6.07, 6.45) is 0.491. The maximum Gasteiger partial charge on any atom is 0.387 e. The smallest absolute Gasteiger partial charge is 0.387 e. The van der Waals surface area contributed by atoms with Gasteiger partial charge in [-0.2, -0.15) is 8.78 Å². The van der Waals surface area contributed by atoms with Crippen molar-refractivity contribution in [1.82, 2.24) is 0 Å². The van der Waals surface area contributed by atoms with Crippen LogP contribution in [0.3, 0.4) is 0 Å². The van der Waals surface area contributed by atoms with Gasteiger partial charge in [0.1, 0.15) is 16.4 Å². The van der Waals surface area contributed by atoms with E-state index in [1.165, 1.54) is 25.1 Å². The lowest BCUT2D eigenvalue weighted by Gasteiger charge is -2.15. The van der Waals surface area contributed by atoms with Crippen molar-refractivity contribution < 1.29 is 23.1 Å². The van der Waals surface area contributed by atoms with Crippen LogP contribution in [-0.4, -0.2) is 18.7 Å². The minimum atomic E-state index is -3.01. The minimum Gasteiger partial charge on any atom is -0.434 e. The van der Waals surface area contributed by atoms with Crippen molar-refractivity contribution in [3.63, 3.8) is 0 Å². The zero-order valence-corrected chi connectivity index (χ0v) is 10.4. The number of hydrogen-bond donors (Lipinski definition) is 0. The fraction of sp³-hybridized carbons (Fsp3) is 0.273. The Balaban J connectivity index is 3.29. The van der Waals surface area contributed by atoms with Crippen LogP contribution in [0.1, 0.15) is 27.7 Å². The fourth-order valence-corrected chi connectivity index (χ4v) is 1.83. The summed E-state index contributed by atoms with van der Waals surface area (Å²) in [5.74, 6) is -0.486. The Morgan fingerprint density at radius 3 is 2.59 bits per heavy atom. The Hall–Kier alpha value is -1.30. The van der Waals surface area contributed by atoms with Crippen LogP contribution >= 0.6 is 15.9 Å². The Morgan fingerprint density at radius 1 is 1.47 bits per heavy atom. The number of halogens is 3. The van der Waals surface area contributed by atoms with Crippen molar-refractivity contribution >= 4 is 28.0 Å². The molecule has 6 heteroatoms. The van der Waals surface area contributed by atoms with Crippen LogP contribution in [0, 0.1) is 0 Å². The molecular weight excluding hydrogens is 298 g/mol. The number of carbonyl (C=O) groups is 2. The normalized spacial score (nSPS) is 12.3. The Labute approximate surface area is 105 Å². The summed E-state index contributed by atoms with van der Waals surface area (Å²) < 4.78 is 28.7. The number of carbonyl (C=O) groups excluding carboxylic acids is 2. The number of ketones is 1. The molecule has 3 nitrogen and oxygen atoms in total. The maximum absolute atomic E-state index is 12.2. The van der Waals surface area contributed by atoms with E-state index in [-0.39, 0.29) is 22.7 Å². The maximum atomic E-state index is 12.2. The molecule has 0 amide bonds. The third kappa shape index (κ3) is 3.33. The van der Waals surface area contributed by atoms with Gasteiger partial charge in [-0.1, -0.05) is 28.1 Å². The SMILES string of the molecule is CC(=O)C(Br)c1c(C=O)cccc1OC(F)F. The van der Waals surface area contributed by atoms with E-state index in [2.05, 4.69) is 20.7 Å². The van der Waals surface area contributed by atoms with Crippen LogP contribution in [0.5, 0.6) is 5.75 Å². The standard InChI is InChI=1S/C11H9BrF2O3/c1-6(16)10(12)9-7(5-15)3-2-4-8(9)17-11(13)14/h2-5,10-11H,1H3. The molecule has 1 aromatic rings. The molecule has 0 N–H and O–H groups in total. The Bertz CT molecular complexity index is 435. The molecule has 0 fully saturated rings. The van der Waals surface area contributed by atoms with Gasteiger partial charge in [0.15, 0.2) is 6.29 Å². The number of benzene rings is 1. The van der Waals surface area contributed by atoms with Crippen molar-refractivity contribution in [3.8, 4) is 5.75 Å². The molecule has 1 aromatic carbocycles. The highest BCUT2D eigenvalue weighted by Crippen LogP contribution is 2.35. The van der Waals surface area contributed by atoms with Crippen LogP contribution < -0.4 is 4.74 Å². The molecule has 0 aliphatic rings. The molecule has 1 unspecified atom stereocenters. The molecule has 0 saturated heterocycles. The predicted molar refractivity (Wildman–Crippen MR) is 60.8 cm³/mol. The number of aldehydes is 1. The highest BCUT2D eigenvalue weighted by Gasteiger charge is 2.22. The van der Waals surface area contributed by atoms with Crippen molar-refractivity contribution in [2.75, 3.05) is 0 Å². The molecule has 1 atom stereocenters. The van der Waals surface area contributed by atoms with Crippen molar-refractivity contribution in [2.24, 2.45) is 0 Å². The highest BCUT2D eigenvalue weighted by atomic mass is 79.9. The second-order valence-corrected chi connectivity index (χ2v) is 4.14. The third-order valence-corrected chi connectivity index (χ3v) is 3.16. The first-order valence-electron chi connectivity index (χ1n) is 4.64. The van der Waals surface area contributed by atoms with E-state index in [1.807, 2.05) is 0 Å². The van der Waals surface area contributed by atoms with E-state index in [1.54, 1.807) is 0 Å². The average molecular weight is 307 g/mol. The minimum absolute atomic E-state index is 0.121. The first-order chi connectivity index (χ1) is 7.97. The van der Waals surface area contributed by atoms with Gasteiger partial charge in [-0.05, 0) is 13.0 Å². The molecule has 0 aliphatic heterocycles. The monoisotopic (exact) mass is 306 g/mol. The van der Waals surface area contributed by atoms with Crippen molar-refractivity contribution in [1.29, 1.82) is 0 Å². The molecule has 0 bridgehead atoms. The Kier molecular flexibility index (Phi) is 4.74.